The molecule has 0 spiro atoms. The molecule has 0 saturated carbocycles. The Morgan fingerprint density at radius 2 is 1.91 bits per heavy atom. The molecule has 1 aliphatic heterocycles. The Bertz CT molecular complexity index is 1080. The van der Waals surface area contributed by atoms with Crippen LogP contribution in [0.5, 0.6) is 5.75 Å². The van der Waals surface area contributed by atoms with Gasteiger partial charge in [-0.25, -0.2) is 0 Å². The van der Waals surface area contributed by atoms with Gasteiger partial charge in [0.25, 0.3) is 11.1 Å². The van der Waals surface area contributed by atoms with Crippen LogP contribution in [0.1, 0.15) is 25.0 Å². The van der Waals surface area contributed by atoms with Crippen molar-refractivity contribution < 1.29 is 23.9 Å². The van der Waals surface area contributed by atoms with Crippen LogP contribution in [0, 0.1) is 0 Å². The van der Waals surface area contributed by atoms with Gasteiger partial charge in [-0.2, -0.15) is 0 Å². The number of esters is 1. The second-order valence-electron chi connectivity index (χ2n) is 7.00. The molecule has 1 aliphatic rings. The monoisotopic (exact) mass is 557 g/mol. The summed E-state index contributed by atoms with van der Waals surface area (Å²) in [5.41, 5.74) is 1.40. The third-order valence-electron chi connectivity index (χ3n) is 4.18. The van der Waals surface area contributed by atoms with Crippen molar-refractivity contribution in [3.63, 3.8) is 0 Å². The maximum absolute atomic E-state index is 12.6. The molecule has 0 bridgehead atoms. The number of carbonyl (C=O) groups excluding carboxylic acids is 3. The third-order valence-corrected chi connectivity index (χ3v) is 6.32. The van der Waals surface area contributed by atoms with Gasteiger partial charge >= 0.3 is 5.97 Å². The number of thioether (sulfide) groups is 1. The molecule has 0 aliphatic carbocycles. The minimum absolute atomic E-state index is 0.181. The molecule has 2 amide bonds. The Morgan fingerprint density at radius 1 is 1.19 bits per heavy atom. The van der Waals surface area contributed by atoms with Gasteiger partial charge in [0, 0.05) is 10.6 Å². The minimum atomic E-state index is -0.644. The van der Waals surface area contributed by atoms with Crippen LogP contribution in [-0.2, 0) is 20.9 Å². The summed E-state index contributed by atoms with van der Waals surface area (Å²) >= 11 is 16.7. The summed E-state index contributed by atoms with van der Waals surface area (Å²) in [6, 6.07) is 10.7. The van der Waals surface area contributed by atoms with Crippen LogP contribution in [0.4, 0.5) is 4.79 Å². The van der Waals surface area contributed by atoms with E-state index >= 15 is 0 Å². The summed E-state index contributed by atoms with van der Waals surface area (Å²) in [6.45, 7) is 3.17. The van der Waals surface area contributed by atoms with Crippen LogP contribution in [0.15, 0.2) is 45.8 Å². The van der Waals surface area contributed by atoms with Crippen molar-refractivity contribution in [1.29, 1.82) is 0 Å². The Balaban J connectivity index is 1.74. The second kappa shape index (κ2) is 10.7. The van der Waals surface area contributed by atoms with E-state index in [2.05, 4.69) is 15.9 Å². The molecule has 0 radical (unpaired) electrons. The zero-order chi connectivity index (χ0) is 23.4. The van der Waals surface area contributed by atoms with Gasteiger partial charge in [0.2, 0.25) is 0 Å². The maximum Gasteiger partial charge on any atom is 0.326 e. The number of halogens is 3. The third kappa shape index (κ3) is 6.07. The molecule has 2 aromatic carbocycles. The van der Waals surface area contributed by atoms with Crippen LogP contribution in [0.2, 0.25) is 10.0 Å². The molecule has 1 heterocycles. The summed E-state index contributed by atoms with van der Waals surface area (Å²) in [6.07, 6.45) is 1.20. The predicted octanol–water partition coefficient (Wildman–Crippen LogP) is 6.32. The van der Waals surface area contributed by atoms with Crippen LogP contribution in [0.25, 0.3) is 6.08 Å². The van der Waals surface area contributed by atoms with E-state index in [-0.39, 0.29) is 17.6 Å². The van der Waals surface area contributed by atoms with E-state index in [1.165, 1.54) is 6.08 Å². The first-order valence-corrected chi connectivity index (χ1v) is 11.8. The van der Waals surface area contributed by atoms with Gasteiger partial charge < -0.3 is 9.47 Å². The lowest BCUT2D eigenvalue weighted by Gasteiger charge is -2.13. The highest BCUT2D eigenvalue weighted by Gasteiger charge is 2.36. The summed E-state index contributed by atoms with van der Waals surface area (Å²) in [4.78, 5) is 37.7. The first kappa shape index (κ1) is 24.6. The quantitative estimate of drug-likeness (QED) is 0.292. The maximum atomic E-state index is 12.6. The van der Waals surface area contributed by atoms with Crippen molar-refractivity contribution in [2.24, 2.45) is 0 Å². The number of nitrogens with zero attached hydrogens (tertiary/aromatic N) is 1. The summed E-state index contributed by atoms with van der Waals surface area (Å²) in [5, 5.41) is 0.369. The molecule has 0 unspecified atom stereocenters. The average molecular weight is 559 g/mol. The number of hydrogen-bond donors (Lipinski definition) is 0. The standard InChI is InChI=1S/C22H18BrCl2NO5S/c1-12(2)31-19(27)10-26-21(28)18(32-22(26)29)9-13-7-15(23)20(17(25)8-13)30-11-14-5-3-4-6-16(14)24/h3-9,12H,10-11H2,1-2H3/b18-9-. The largest absolute Gasteiger partial charge is 0.486 e. The summed E-state index contributed by atoms with van der Waals surface area (Å²) < 4.78 is 11.4. The van der Waals surface area contributed by atoms with E-state index < -0.39 is 23.7 Å². The van der Waals surface area contributed by atoms with Crippen LogP contribution < -0.4 is 4.74 Å². The molecular formula is C22H18BrCl2NO5S. The van der Waals surface area contributed by atoms with E-state index in [0.717, 1.165) is 22.2 Å². The zero-order valence-corrected chi connectivity index (χ0v) is 21.0. The smallest absolute Gasteiger partial charge is 0.326 e. The van der Waals surface area contributed by atoms with E-state index in [1.807, 2.05) is 18.2 Å². The molecule has 0 aromatic heterocycles. The number of rotatable bonds is 7. The lowest BCUT2D eigenvalue weighted by Crippen LogP contribution is -2.35. The van der Waals surface area contributed by atoms with Gasteiger partial charge in [-0.1, -0.05) is 41.4 Å². The summed E-state index contributed by atoms with van der Waals surface area (Å²) in [5.74, 6) is -0.783. The number of imide groups is 1. The number of amides is 2. The zero-order valence-electron chi connectivity index (χ0n) is 17.1. The number of carbonyl (C=O) groups is 3. The van der Waals surface area contributed by atoms with Crippen LogP contribution >= 0.6 is 50.9 Å². The van der Waals surface area contributed by atoms with Crippen molar-refractivity contribution in [3.8, 4) is 5.75 Å². The first-order chi connectivity index (χ1) is 15.2. The number of ether oxygens (including phenoxy) is 2. The van der Waals surface area contributed by atoms with E-state index in [0.29, 0.717) is 25.8 Å². The number of benzene rings is 2. The van der Waals surface area contributed by atoms with E-state index in [1.54, 1.807) is 32.0 Å². The molecule has 0 N–H and O–H groups in total. The lowest BCUT2D eigenvalue weighted by molar-refractivity contribution is -0.149. The van der Waals surface area contributed by atoms with Crippen LogP contribution in [0.3, 0.4) is 0 Å². The normalized spacial score (nSPS) is 15.1. The highest BCUT2D eigenvalue weighted by Crippen LogP contribution is 2.38. The molecule has 2 aromatic rings. The van der Waals surface area contributed by atoms with Gasteiger partial charge in [0.05, 0.1) is 20.5 Å². The Kier molecular flexibility index (Phi) is 8.27. The fourth-order valence-corrected chi connectivity index (χ4v) is 4.80. The Labute approximate surface area is 208 Å². The Morgan fingerprint density at radius 3 is 2.56 bits per heavy atom. The van der Waals surface area contributed by atoms with Gasteiger partial charge in [-0.15, -0.1) is 0 Å². The van der Waals surface area contributed by atoms with Gasteiger partial charge in [0.15, 0.2) is 5.75 Å². The highest BCUT2D eigenvalue weighted by molar-refractivity contribution is 9.10. The van der Waals surface area contributed by atoms with Crippen molar-refractivity contribution in [2.45, 2.75) is 26.6 Å². The van der Waals surface area contributed by atoms with Gasteiger partial charge in [0.1, 0.15) is 13.2 Å². The molecule has 1 saturated heterocycles. The summed E-state index contributed by atoms with van der Waals surface area (Å²) in [7, 11) is 0. The molecule has 32 heavy (non-hydrogen) atoms. The van der Waals surface area contributed by atoms with Crippen molar-refractivity contribution in [2.75, 3.05) is 6.54 Å². The molecule has 1 fully saturated rings. The van der Waals surface area contributed by atoms with Crippen molar-refractivity contribution in [3.05, 3.63) is 66.9 Å². The highest BCUT2D eigenvalue weighted by atomic mass is 79.9. The average Bonchev–Trinajstić information content (AvgIpc) is 2.95. The molecule has 6 nitrogen and oxygen atoms in total. The van der Waals surface area contributed by atoms with Crippen LogP contribution in [-0.4, -0.2) is 34.7 Å². The van der Waals surface area contributed by atoms with Crippen molar-refractivity contribution in [1.82, 2.24) is 4.90 Å². The second-order valence-corrected chi connectivity index (χ2v) is 9.66. The molecule has 0 atom stereocenters. The molecule has 3 rings (SSSR count). The molecule has 168 valence electrons. The fraction of sp³-hybridized carbons (Fsp3) is 0.227. The lowest BCUT2D eigenvalue weighted by atomic mass is 10.2. The van der Waals surface area contributed by atoms with Crippen molar-refractivity contribution >= 4 is 74.1 Å². The van der Waals surface area contributed by atoms with Gasteiger partial charge in [-0.05, 0) is 71.4 Å². The topological polar surface area (TPSA) is 72.9 Å². The van der Waals surface area contributed by atoms with E-state index in [4.69, 9.17) is 32.7 Å². The fourth-order valence-electron chi connectivity index (χ4n) is 2.78. The predicted molar refractivity (Wildman–Crippen MR) is 129 cm³/mol. The molecular weight excluding hydrogens is 541 g/mol. The minimum Gasteiger partial charge on any atom is -0.486 e. The van der Waals surface area contributed by atoms with Gasteiger partial charge in [-0.3, -0.25) is 19.3 Å². The van der Waals surface area contributed by atoms with E-state index in [9.17, 15) is 14.4 Å². The SMILES string of the molecule is CC(C)OC(=O)CN1C(=O)S/C(=C\c2cc(Cl)c(OCc3ccccc3Cl)c(Br)c2)C1=O. The Hall–Kier alpha value is -2.00. The molecule has 10 heteroatoms. The first-order valence-electron chi connectivity index (χ1n) is 9.45. The number of hydrogen-bond acceptors (Lipinski definition) is 6.